The lowest BCUT2D eigenvalue weighted by Gasteiger charge is -2.04. The number of aromatic nitrogens is 1. The van der Waals surface area contributed by atoms with Crippen molar-refractivity contribution in [2.45, 2.75) is 31.6 Å². The molecule has 0 bridgehead atoms. The van der Waals surface area contributed by atoms with Crippen LogP contribution in [0.4, 0.5) is 0 Å². The zero-order valence-electron chi connectivity index (χ0n) is 8.45. The number of nitrogens with one attached hydrogen (secondary N) is 1. The molecule has 1 N–H and O–H groups in total. The van der Waals surface area contributed by atoms with Crippen LogP contribution >= 0.6 is 23.1 Å². The van der Waals surface area contributed by atoms with E-state index in [1.807, 2.05) is 11.8 Å². The van der Waals surface area contributed by atoms with Crippen LogP contribution in [0, 0.1) is 0 Å². The summed E-state index contributed by atoms with van der Waals surface area (Å²) in [7, 11) is 0. The van der Waals surface area contributed by atoms with E-state index in [1.165, 1.54) is 29.3 Å². The van der Waals surface area contributed by atoms with Gasteiger partial charge in [-0.05, 0) is 25.1 Å². The van der Waals surface area contributed by atoms with E-state index in [0.717, 1.165) is 12.3 Å². The molecule has 78 valence electrons. The van der Waals surface area contributed by atoms with Crippen LogP contribution in [0.5, 0.6) is 0 Å². The number of hydrogen-bond donors (Lipinski definition) is 1. The standard InChI is InChI=1S/C10H16N2S2/c1-2-13-7-10-12-9(6-14-10)8-4-3-5-11-8/h6,8,11H,2-5,7H2,1H3/t8-/m1/s1. The zero-order chi connectivity index (χ0) is 9.80. The fraction of sp³-hybridized carbons (Fsp3) is 0.700. The van der Waals surface area contributed by atoms with Gasteiger partial charge in [-0.15, -0.1) is 11.3 Å². The molecule has 1 fully saturated rings. The van der Waals surface area contributed by atoms with Gasteiger partial charge < -0.3 is 5.32 Å². The second-order valence-corrected chi connectivity index (χ2v) is 5.67. The normalized spacial score (nSPS) is 21.6. The van der Waals surface area contributed by atoms with Gasteiger partial charge in [0, 0.05) is 11.1 Å². The number of rotatable bonds is 4. The van der Waals surface area contributed by atoms with E-state index in [1.54, 1.807) is 11.3 Å². The maximum Gasteiger partial charge on any atom is 0.103 e. The summed E-state index contributed by atoms with van der Waals surface area (Å²) in [4.78, 5) is 4.66. The van der Waals surface area contributed by atoms with Gasteiger partial charge in [-0.1, -0.05) is 6.92 Å². The van der Waals surface area contributed by atoms with Crippen LogP contribution in [0.1, 0.15) is 36.5 Å². The molecule has 1 aromatic heterocycles. The van der Waals surface area contributed by atoms with Crippen LogP contribution in [0.25, 0.3) is 0 Å². The van der Waals surface area contributed by atoms with Crippen molar-refractivity contribution >= 4 is 23.1 Å². The molecule has 1 aliphatic rings. The van der Waals surface area contributed by atoms with Gasteiger partial charge in [0.1, 0.15) is 5.01 Å². The van der Waals surface area contributed by atoms with Crippen molar-refractivity contribution in [1.82, 2.24) is 10.3 Å². The van der Waals surface area contributed by atoms with Crippen LogP contribution in [0.2, 0.25) is 0 Å². The van der Waals surface area contributed by atoms with Gasteiger partial charge in [0.15, 0.2) is 0 Å². The molecular formula is C10H16N2S2. The highest BCUT2D eigenvalue weighted by Gasteiger charge is 2.18. The van der Waals surface area contributed by atoms with E-state index < -0.39 is 0 Å². The summed E-state index contributed by atoms with van der Waals surface area (Å²) in [6.45, 7) is 3.35. The summed E-state index contributed by atoms with van der Waals surface area (Å²) in [6, 6.07) is 0.534. The summed E-state index contributed by atoms with van der Waals surface area (Å²) in [5, 5.41) is 6.97. The Kier molecular flexibility index (Phi) is 3.84. The average molecular weight is 228 g/mol. The third kappa shape index (κ3) is 2.49. The Morgan fingerprint density at radius 3 is 3.36 bits per heavy atom. The number of thioether (sulfide) groups is 1. The van der Waals surface area contributed by atoms with E-state index in [-0.39, 0.29) is 0 Å². The van der Waals surface area contributed by atoms with Crippen molar-refractivity contribution in [3.05, 3.63) is 16.1 Å². The van der Waals surface area contributed by atoms with Crippen LogP contribution in [-0.4, -0.2) is 17.3 Å². The molecule has 1 aromatic rings. The monoisotopic (exact) mass is 228 g/mol. The highest BCUT2D eigenvalue weighted by molar-refractivity contribution is 7.98. The molecule has 0 radical (unpaired) electrons. The fourth-order valence-corrected chi connectivity index (χ4v) is 3.28. The SMILES string of the molecule is CCSCc1nc([C@H]2CCCN2)cs1. The van der Waals surface area contributed by atoms with Crippen LogP contribution in [0.3, 0.4) is 0 Å². The molecule has 2 rings (SSSR count). The molecule has 0 saturated carbocycles. The Labute approximate surface area is 93.5 Å². The second-order valence-electron chi connectivity index (χ2n) is 3.45. The van der Waals surface area contributed by atoms with Gasteiger partial charge in [-0.2, -0.15) is 11.8 Å². The summed E-state index contributed by atoms with van der Waals surface area (Å²) >= 11 is 3.75. The minimum atomic E-state index is 0.534. The molecule has 0 amide bonds. The molecule has 0 aromatic carbocycles. The van der Waals surface area contributed by atoms with Gasteiger partial charge in [-0.3, -0.25) is 0 Å². The first-order chi connectivity index (χ1) is 6.90. The van der Waals surface area contributed by atoms with E-state index in [9.17, 15) is 0 Å². The molecule has 4 heteroatoms. The van der Waals surface area contributed by atoms with E-state index in [0.29, 0.717) is 6.04 Å². The number of nitrogens with zero attached hydrogens (tertiary/aromatic N) is 1. The predicted octanol–water partition coefficient (Wildman–Crippen LogP) is 2.82. The topological polar surface area (TPSA) is 24.9 Å². The smallest absolute Gasteiger partial charge is 0.103 e. The highest BCUT2D eigenvalue weighted by Crippen LogP contribution is 2.25. The lowest BCUT2D eigenvalue weighted by Crippen LogP contribution is -2.13. The van der Waals surface area contributed by atoms with E-state index >= 15 is 0 Å². The minimum Gasteiger partial charge on any atom is -0.309 e. The van der Waals surface area contributed by atoms with Crippen molar-refractivity contribution in [3.8, 4) is 0 Å². The molecule has 1 atom stereocenters. The average Bonchev–Trinajstić information content (AvgIpc) is 2.85. The summed E-state index contributed by atoms with van der Waals surface area (Å²) < 4.78 is 0. The molecule has 2 heterocycles. The Balaban J connectivity index is 1.94. The first kappa shape index (κ1) is 10.5. The lowest BCUT2D eigenvalue weighted by atomic mass is 10.2. The Morgan fingerprint density at radius 1 is 1.71 bits per heavy atom. The minimum absolute atomic E-state index is 0.534. The third-order valence-electron chi connectivity index (χ3n) is 2.42. The van der Waals surface area contributed by atoms with Crippen molar-refractivity contribution < 1.29 is 0 Å². The first-order valence-electron chi connectivity index (χ1n) is 5.15. The zero-order valence-corrected chi connectivity index (χ0v) is 10.1. The van der Waals surface area contributed by atoms with Crippen LogP contribution < -0.4 is 5.32 Å². The molecule has 0 aliphatic carbocycles. The van der Waals surface area contributed by atoms with Crippen molar-refractivity contribution in [2.75, 3.05) is 12.3 Å². The van der Waals surface area contributed by atoms with E-state index in [4.69, 9.17) is 0 Å². The Morgan fingerprint density at radius 2 is 2.64 bits per heavy atom. The van der Waals surface area contributed by atoms with Crippen LogP contribution in [0.15, 0.2) is 5.38 Å². The van der Waals surface area contributed by atoms with Crippen molar-refractivity contribution in [1.29, 1.82) is 0 Å². The maximum absolute atomic E-state index is 4.66. The second kappa shape index (κ2) is 5.14. The van der Waals surface area contributed by atoms with Gasteiger partial charge in [0.05, 0.1) is 11.7 Å². The van der Waals surface area contributed by atoms with Gasteiger partial charge in [-0.25, -0.2) is 4.98 Å². The molecular weight excluding hydrogens is 212 g/mol. The summed E-state index contributed by atoms with van der Waals surface area (Å²) in [5.41, 5.74) is 1.26. The van der Waals surface area contributed by atoms with Crippen LogP contribution in [-0.2, 0) is 5.75 Å². The first-order valence-corrected chi connectivity index (χ1v) is 7.19. The summed E-state index contributed by atoms with van der Waals surface area (Å²) in [6.07, 6.45) is 2.55. The number of thiazole rings is 1. The van der Waals surface area contributed by atoms with E-state index in [2.05, 4.69) is 22.6 Å². The quantitative estimate of drug-likeness (QED) is 0.858. The largest absolute Gasteiger partial charge is 0.309 e. The highest BCUT2D eigenvalue weighted by atomic mass is 32.2. The maximum atomic E-state index is 4.66. The Bertz CT molecular complexity index is 279. The van der Waals surface area contributed by atoms with Crippen molar-refractivity contribution in [3.63, 3.8) is 0 Å². The Hall–Kier alpha value is -0.0600. The molecule has 0 unspecified atom stereocenters. The van der Waals surface area contributed by atoms with Crippen molar-refractivity contribution in [2.24, 2.45) is 0 Å². The lowest BCUT2D eigenvalue weighted by molar-refractivity contribution is 0.630. The van der Waals surface area contributed by atoms with Gasteiger partial charge in [0.2, 0.25) is 0 Å². The van der Waals surface area contributed by atoms with Gasteiger partial charge in [0.25, 0.3) is 0 Å². The molecule has 1 saturated heterocycles. The summed E-state index contributed by atoms with van der Waals surface area (Å²) in [5.74, 6) is 2.25. The molecule has 0 spiro atoms. The van der Waals surface area contributed by atoms with Gasteiger partial charge >= 0.3 is 0 Å². The fourth-order valence-electron chi connectivity index (χ4n) is 1.68. The number of hydrogen-bond acceptors (Lipinski definition) is 4. The molecule has 14 heavy (non-hydrogen) atoms. The molecule has 2 nitrogen and oxygen atoms in total. The molecule has 1 aliphatic heterocycles. The predicted molar refractivity (Wildman–Crippen MR) is 63.9 cm³/mol. The third-order valence-corrected chi connectivity index (χ3v) is 4.35.